The van der Waals surface area contributed by atoms with Gasteiger partial charge in [-0.1, -0.05) is 42.3 Å². The lowest BCUT2D eigenvalue weighted by atomic mass is 9.98. The molecule has 1 unspecified atom stereocenters. The lowest BCUT2D eigenvalue weighted by molar-refractivity contribution is -0.134. The van der Waals surface area contributed by atoms with Crippen LogP contribution < -0.4 is 0 Å². The zero-order chi connectivity index (χ0) is 19.5. The Morgan fingerprint density at radius 1 is 1.04 bits per heavy atom. The molecule has 2 heterocycles. The molecule has 2 aliphatic rings. The van der Waals surface area contributed by atoms with Gasteiger partial charge in [-0.15, -0.1) is 0 Å². The fourth-order valence-corrected chi connectivity index (χ4v) is 4.01. The van der Waals surface area contributed by atoms with E-state index in [9.17, 15) is 9.18 Å². The summed E-state index contributed by atoms with van der Waals surface area (Å²) in [6.45, 7) is 2.30. The number of hydrazone groups is 1. The highest BCUT2D eigenvalue weighted by atomic mass is 35.5. The number of piperidine rings is 1. The van der Waals surface area contributed by atoms with Gasteiger partial charge < -0.3 is 0 Å². The van der Waals surface area contributed by atoms with Crippen LogP contribution in [0.4, 0.5) is 4.39 Å². The predicted molar refractivity (Wildman–Crippen MR) is 109 cm³/mol. The first kappa shape index (κ1) is 19.1. The third-order valence-electron chi connectivity index (χ3n) is 5.41. The number of hydrogen-bond acceptors (Lipinski definition) is 3. The highest BCUT2D eigenvalue weighted by Crippen LogP contribution is 2.33. The zero-order valence-electron chi connectivity index (χ0n) is 15.7. The Morgan fingerprint density at radius 2 is 1.71 bits per heavy atom. The Hall–Kier alpha value is -2.24. The van der Waals surface area contributed by atoms with Gasteiger partial charge in [-0.25, -0.2) is 9.40 Å². The number of carbonyl (C=O) groups excluding carboxylic acids is 1. The summed E-state index contributed by atoms with van der Waals surface area (Å²) in [5.41, 5.74) is 2.64. The van der Waals surface area contributed by atoms with Gasteiger partial charge in [0.2, 0.25) is 0 Å². The molecule has 146 valence electrons. The average Bonchev–Trinajstić information content (AvgIpc) is 3.15. The van der Waals surface area contributed by atoms with Gasteiger partial charge in [0.05, 0.1) is 18.3 Å². The minimum absolute atomic E-state index is 0.000961. The molecule has 1 saturated heterocycles. The molecule has 2 aromatic carbocycles. The number of likely N-dealkylation sites (tertiary alicyclic amines) is 1. The van der Waals surface area contributed by atoms with E-state index in [0.29, 0.717) is 18.0 Å². The maximum atomic E-state index is 13.3. The minimum Gasteiger partial charge on any atom is -0.294 e. The van der Waals surface area contributed by atoms with Gasteiger partial charge in [-0.2, -0.15) is 5.10 Å². The Morgan fingerprint density at radius 3 is 2.39 bits per heavy atom. The molecule has 0 aliphatic carbocycles. The van der Waals surface area contributed by atoms with Gasteiger partial charge in [0.15, 0.2) is 0 Å². The summed E-state index contributed by atoms with van der Waals surface area (Å²) in [6, 6.07) is 13.7. The van der Waals surface area contributed by atoms with Crippen LogP contribution in [0, 0.1) is 5.82 Å². The monoisotopic (exact) mass is 399 g/mol. The molecular formula is C22H23ClFN3O. The van der Waals surface area contributed by atoms with Crippen molar-refractivity contribution in [3.8, 4) is 0 Å². The molecule has 0 saturated carbocycles. The molecule has 2 aromatic rings. The highest BCUT2D eigenvalue weighted by Gasteiger charge is 2.33. The van der Waals surface area contributed by atoms with E-state index in [1.807, 2.05) is 24.3 Å². The largest absolute Gasteiger partial charge is 0.294 e. The fraction of sp³-hybridized carbons (Fsp3) is 0.364. The van der Waals surface area contributed by atoms with Crippen LogP contribution in [0.2, 0.25) is 5.02 Å². The molecule has 0 aromatic heterocycles. The van der Waals surface area contributed by atoms with Gasteiger partial charge in [0.1, 0.15) is 5.82 Å². The normalized spacial score (nSPS) is 20.3. The minimum atomic E-state index is -0.283. The van der Waals surface area contributed by atoms with Crippen molar-refractivity contribution in [2.45, 2.75) is 31.7 Å². The first-order valence-corrected chi connectivity index (χ1v) is 10.1. The molecule has 1 atom stereocenters. The van der Waals surface area contributed by atoms with Gasteiger partial charge in [0, 0.05) is 11.4 Å². The Labute approximate surface area is 169 Å². The molecule has 28 heavy (non-hydrogen) atoms. The fourth-order valence-electron chi connectivity index (χ4n) is 3.88. The van der Waals surface area contributed by atoms with Crippen molar-refractivity contribution < 1.29 is 9.18 Å². The maximum Gasteiger partial charge on any atom is 0.257 e. The molecular weight excluding hydrogens is 377 g/mol. The Bertz CT molecular complexity index is 860. The van der Waals surface area contributed by atoms with Crippen LogP contribution in [0.25, 0.3) is 0 Å². The molecule has 1 fully saturated rings. The van der Waals surface area contributed by atoms with Crippen LogP contribution in [-0.4, -0.2) is 41.2 Å². The molecule has 0 bridgehead atoms. The molecule has 0 N–H and O–H groups in total. The first-order valence-electron chi connectivity index (χ1n) is 9.73. The summed E-state index contributed by atoms with van der Waals surface area (Å²) in [5, 5.41) is 6.92. The number of rotatable bonds is 4. The van der Waals surface area contributed by atoms with Crippen molar-refractivity contribution in [2.75, 3.05) is 19.6 Å². The number of nitrogens with zero attached hydrogens (tertiary/aromatic N) is 3. The number of amides is 1. The Kier molecular flexibility index (Phi) is 5.74. The second kappa shape index (κ2) is 8.41. The van der Waals surface area contributed by atoms with Crippen LogP contribution in [0.1, 0.15) is 42.9 Å². The summed E-state index contributed by atoms with van der Waals surface area (Å²) in [6.07, 6.45) is 4.10. The van der Waals surface area contributed by atoms with Gasteiger partial charge in [-0.05, 0) is 61.3 Å². The van der Waals surface area contributed by atoms with Gasteiger partial charge in [-0.3, -0.25) is 9.69 Å². The van der Waals surface area contributed by atoms with E-state index in [2.05, 4.69) is 10.0 Å². The number of hydrogen-bond donors (Lipinski definition) is 0. The summed E-state index contributed by atoms with van der Waals surface area (Å²) >= 11 is 6.03. The summed E-state index contributed by atoms with van der Waals surface area (Å²) in [4.78, 5) is 15.3. The van der Waals surface area contributed by atoms with E-state index < -0.39 is 0 Å². The zero-order valence-corrected chi connectivity index (χ0v) is 16.4. The standard InChI is InChI=1S/C22H23ClFN3O/c23-18-8-4-17(5-9-18)21-14-20(16-6-10-19(24)11-7-16)25-27(21)22(28)15-26-12-2-1-3-13-26/h4-11,21H,1-3,12-15H2. The van der Waals surface area contributed by atoms with Crippen LogP contribution in [0.15, 0.2) is 53.6 Å². The molecule has 4 rings (SSSR count). The van der Waals surface area contributed by atoms with Crippen LogP contribution >= 0.6 is 11.6 Å². The van der Waals surface area contributed by atoms with Gasteiger partial charge in [0.25, 0.3) is 5.91 Å². The third kappa shape index (κ3) is 4.26. The summed E-state index contributed by atoms with van der Waals surface area (Å²) in [7, 11) is 0. The van der Waals surface area contributed by atoms with E-state index in [1.54, 1.807) is 17.1 Å². The lowest BCUT2D eigenvalue weighted by Gasteiger charge is -2.29. The van der Waals surface area contributed by atoms with Crippen LogP contribution in [-0.2, 0) is 4.79 Å². The molecule has 4 nitrogen and oxygen atoms in total. The summed E-state index contributed by atoms with van der Waals surface area (Å²) in [5.74, 6) is -0.284. The quantitative estimate of drug-likeness (QED) is 0.750. The second-order valence-corrected chi connectivity index (χ2v) is 7.84. The lowest BCUT2D eigenvalue weighted by Crippen LogP contribution is -2.40. The SMILES string of the molecule is O=C(CN1CCCCC1)N1N=C(c2ccc(F)cc2)CC1c1ccc(Cl)cc1. The third-order valence-corrected chi connectivity index (χ3v) is 5.66. The second-order valence-electron chi connectivity index (χ2n) is 7.40. The van der Waals surface area contributed by atoms with Crippen LogP contribution in [0.3, 0.4) is 0 Å². The van der Waals surface area contributed by atoms with Crippen molar-refractivity contribution in [1.29, 1.82) is 0 Å². The Balaban J connectivity index is 1.59. The van der Waals surface area contributed by atoms with E-state index >= 15 is 0 Å². The molecule has 0 radical (unpaired) electrons. The average molecular weight is 400 g/mol. The van der Waals surface area contributed by atoms with Crippen LogP contribution in [0.5, 0.6) is 0 Å². The predicted octanol–water partition coefficient (Wildman–Crippen LogP) is 4.64. The van der Waals surface area contributed by atoms with E-state index in [0.717, 1.165) is 42.8 Å². The van der Waals surface area contributed by atoms with E-state index in [-0.39, 0.29) is 17.8 Å². The highest BCUT2D eigenvalue weighted by molar-refractivity contribution is 6.30. The topological polar surface area (TPSA) is 35.9 Å². The van der Waals surface area contributed by atoms with E-state index in [1.165, 1.54) is 18.6 Å². The number of carbonyl (C=O) groups is 1. The maximum absolute atomic E-state index is 13.3. The smallest absolute Gasteiger partial charge is 0.257 e. The number of halogens is 2. The molecule has 2 aliphatic heterocycles. The van der Waals surface area contributed by atoms with Gasteiger partial charge >= 0.3 is 0 Å². The molecule has 0 spiro atoms. The van der Waals surface area contributed by atoms with Crippen molar-refractivity contribution >= 4 is 23.2 Å². The molecule has 6 heteroatoms. The first-order chi connectivity index (χ1) is 13.6. The number of benzene rings is 2. The summed E-state index contributed by atoms with van der Waals surface area (Å²) < 4.78 is 13.3. The van der Waals surface area contributed by atoms with Crippen molar-refractivity contribution in [1.82, 2.24) is 9.91 Å². The van der Waals surface area contributed by atoms with Crippen molar-refractivity contribution in [3.05, 3.63) is 70.5 Å². The van der Waals surface area contributed by atoms with E-state index in [4.69, 9.17) is 11.6 Å². The van der Waals surface area contributed by atoms with Crippen molar-refractivity contribution in [3.63, 3.8) is 0 Å². The van der Waals surface area contributed by atoms with Crippen molar-refractivity contribution in [2.24, 2.45) is 5.10 Å². The molecule has 1 amide bonds.